The third-order valence-electron chi connectivity index (χ3n) is 1.59. The van der Waals surface area contributed by atoms with E-state index in [9.17, 15) is 9.70 Å². The molecule has 0 aliphatic rings. The van der Waals surface area contributed by atoms with Crippen molar-refractivity contribution in [1.29, 1.82) is 0 Å². The number of para-hydroxylation sites is 2. The Morgan fingerprint density at radius 3 is 2.64 bits per heavy atom. The first kappa shape index (κ1) is 10.2. The van der Waals surface area contributed by atoms with Crippen molar-refractivity contribution in [1.82, 2.24) is 0 Å². The second-order valence-electron chi connectivity index (χ2n) is 2.67. The summed E-state index contributed by atoms with van der Waals surface area (Å²) in [5, 5.41) is 3.81. The lowest BCUT2D eigenvalue weighted by Crippen LogP contribution is -2.10. The molecule has 0 atom stereocenters. The van der Waals surface area contributed by atoms with Crippen LogP contribution in [0.4, 0.5) is 5.69 Å². The van der Waals surface area contributed by atoms with Crippen molar-refractivity contribution in [2.75, 3.05) is 12.1 Å². The van der Waals surface area contributed by atoms with E-state index in [0.29, 0.717) is 11.4 Å². The lowest BCUT2D eigenvalue weighted by atomic mass is 10.3. The number of esters is 1. The summed E-state index contributed by atoms with van der Waals surface area (Å²) in [5.41, 5.74) is 0.456. The Balaban J connectivity index is 3.02. The number of carbonyl (C=O) groups is 1. The van der Waals surface area contributed by atoms with Gasteiger partial charge in [-0.1, -0.05) is 12.1 Å². The molecular weight excluding hydrogens is 184 g/mol. The summed E-state index contributed by atoms with van der Waals surface area (Å²) in [6.07, 6.45) is 0. The first-order valence-electron chi connectivity index (χ1n) is 3.99. The van der Waals surface area contributed by atoms with Gasteiger partial charge in [0.05, 0.1) is 5.29 Å². The molecule has 0 saturated heterocycles. The minimum absolute atomic E-state index is 0.321. The molecule has 0 unspecified atom stereocenters. The predicted octanol–water partition coefficient (Wildman–Crippen LogP) is 1.73. The van der Waals surface area contributed by atoms with Crippen LogP contribution in [-0.4, -0.2) is 13.0 Å². The summed E-state index contributed by atoms with van der Waals surface area (Å²) < 4.78 is 4.89. The standard InChI is InChI=1S/C9H10N2O3/c1-7(12)14-9-6-4-3-5-8(9)11(2)10-13/h3-6H,1-2H3. The highest BCUT2D eigenvalue weighted by atomic mass is 16.5. The van der Waals surface area contributed by atoms with E-state index in [0.717, 1.165) is 5.01 Å². The molecule has 0 saturated carbocycles. The average Bonchev–Trinajstić information content (AvgIpc) is 2.16. The summed E-state index contributed by atoms with van der Waals surface area (Å²) in [6.45, 7) is 1.30. The topological polar surface area (TPSA) is 59.0 Å². The fourth-order valence-electron chi connectivity index (χ4n) is 1.01. The highest BCUT2D eigenvalue weighted by molar-refractivity contribution is 5.72. The van der Waals surface area contributed by atoms with Crippen molar-refractivity contribution in [2.24, 2.45) is 5.29 Å². The van der Waals surface area contributed by atoms with E-state index in [1.807, 2.05) is 0 Å². The SMILES string of the molecule is CC(=O)Oc1ccccc1N(C)N=O. The molecule has 1 aromatic rings. The molecule has 0 heterocycles. The van der Waals surface area contributed by atoms with Gasteiger partial charge in [0, 0.05) is 14.0 Å². The zero-order valence-electron chi connectivity index (χ0n) is 7.93. The fourth-order valence-corrected chi connectivity index (χ4v) is 1.01. The molecule has 0 radical (unpaired) electrons. The molecule has 5 heteroatoms. The summed E-state index contributed by atoms with van der Waals surface area (Å²) in [4.78, 5) is 21.0. The van der Waals surface area contributed by atoms with Crippen molar-refractivity contribution in [2.45, 2.75) is 6.92 Å². The number of carbonyl (C=O) groups excluding carboxylic acids is 1. The Morgan fingerprint density at radius 2 is 2.07 bits per heavy atom. The van der Waals surface area contributed by atoms with E-state index in [1.165, 1.54) is 14.0 Å². The third-order valence-corrected chi connectivity index (χ3v) is 1.59. The van der Waals surface area contributed by atoms with Crippen molar-refractivity contribution < 1.29 is 9.53 Å². The van der Waals surface area contributed by atoms with Gasteiger partial charge in [-0.2, -0.15) is 0 Å². The van der Waals surface area contributed by atoms with Gasteiger partial charge in [-0.3, -0.25) is 4.79 Å². The average molecular weight is 194 g/mol. The molecule has 1 aromatic carbocycles. The largest absolute Gasteiger partial charge is 0.424 e. The van der Waals surface area contributed by atoms with Gasteiger partial charge in [-0.25, -0.2) is 5.01 Å². The summed E-state index contributed by atoms with van der Waals surface area (Å²) in [7, 11) is 1.48. The first-order chi connectivity index (χ1) is 6.65. The van der Waals surface area contributed by atoms with Crippen LogP contribution in [0.2, 0.25) is 0 Å². The molecular formula is C9H10N2O3. The maximum atomic E-state index is 10.7. The monoisotopic (exact) mass is 194 g/mol. The first-order valence-corrected chi connectivity index (χ1v) is 3.99. The molecule has 0 aliphatic heterocycles. The van der Waals surface area contributed by atoms with Gasteiger partial charge < -0.3 is 4.74 Å². The Labute approximate surface area is 81.2 Å². The lowest BCUT2D eigenvalue weighted by Gasteiger charge is -2.12. The van der Waals surface area contributed by atoms with Gasteiger partial charge in [0.1, 0.15) is 5.69 Å². The number of hydrogen-bond acceptors (Lipinski definition) is 4. The Bertz CT molecular complexity index is 352. The molecule has 0 N–H and O–H groups in total. The number of rotatable bonds is 3. The van der Waals surface area contributed by atoms with Crippen LogP contribution in [0.1, 0.15) is 6.92 Å². The van der Waals surface area contributed by atoms with Crippen LogP contribution < -0.4 is 9.75 Å². The molecule has 0 fully saturated rings. The Kier molecular flexibility index (Phi) is 3.17. The van der Waals surface area contributed by atoms with E-state index in [2.05, 4.69) is 5.29 Å². The lowest BCUT2D eigenvalue weighted by molar-refractivity contribution is -0.131. The molecule has 5 nitrogen and oxygen atoms in total. The number of anilines is 1. The maximum absolute atomic E-state index is 10.7. The van der Waals surface area contributed by atoms with Gasteiger partial charge in [-0.15, -0.1) is 4.91 Å². The number of ether oxygens (including phenoxy) is 1. The van der Waals surface area contributed by atoms with Gasteiger partial charge in [0.15, 0.2) is 5.75 Å². The molecule has 0 spiro atoms. The molecule has 1 rings (SSSR count). The van der Waals surface area contributed by atoms with E-state index in [-0.39, 0.29) is 0 Å². The van der Waals surface area contributed by atoms with E-state index < -0.39 is 5.97 Å². The van der Waals surface area contributed by atoms with E-state index in [1.54, 1.807) is 24.3 Å². The minimum Gasteiger partial charge on any atom is -0.424 e. The highest BCUT2D eigenvalue weighted by Gasteiger charge is 2.09. The van der Waals surface area contributed by atoms with Gasteiger partial charge in [0.2, 0.25) is 0 Å². The second kappa shape index (κ2) is 4.36. The van der Waals surface area contributed by atoms with Gasteiger partial charge in [0.25, 0.3) is 0 Å². The molecule has 0 aliphatic carbocycles. The van der Waals surface area contributed by atoms with Crippen molar-refractivity contribution in [3.63, 3.8) is 0 Å². The number of nitroso groups, excluding NO2 is 1. The van der Waals surface area contributed by atoms with Crippen molar-refractivity contribution >= 4 is 11.7 Å². The van der Waals surface area contributed by atoms with Crippen LogP contribution in [0.3, 0.4) is 0 Å². The second-order valence-corrected chi connectivity index (χ2v) is 2.67. The van der Waals surface area contributed by atoms with Crippen molar-refractivity contribution in [3.05, 3.63) is 29.2 Å². The number of benzene rings is 1. The Hall–Kier alpha value is -1.91. The van der Waals surface area contributed by atoms with Crippen LogP contribution in [0.15, 0.2) is 29.6 Å². The third kappa shape index (κ3) is 2.29. The molecule has 0 bridgehead atoms. The van der Waals surface area contributed by atoms with Gasteiger partial charge in [-0.05, 0) is 12.1 Å². The van der Waals surface area contributed by atoms with Crippen LogP contribution in [-0.2, 0) is 4.79 Å². The summed E-state index contributed by atoms with van der Waals surface area (Å²) in [5.74, 6) is -0.112. The van der Waals surface area contributed by atoms with Crippen LogP contribution in [0.25, 0.3) is 0 Å². The number of hydrogen-bond donors (Lipinski definition) is 0. The normalized spacial score (nSPS) is 9.29. The smallest absolute Gasteiger partial charge is 0.308 e. The maximum Gasteiger partial charge on any atom is 0.308 e. The Morgan fingerprint density at radius 1 is 1.43 bits per heavy atom. The van der Waals surface area contributed by atoms with E-state index in [4.69, 9.17) is 4.74 Å². The molecule has 74 valence electrons. The van der Waals surface area contributed by atoms with Crippen LogP contribution in [0.5, 0.6) is 5.75 Å². The quantitative estimate of drug-likeness (QED) is 0.318. The minimum atomic E-state index is -0.434. The van der Waals surface area contributed by atoms with Crippen LogP contribution in [0, 0.1) is 4.91 Å². The highest BCUT2D eigenvalue weighted by Crippen LogP contribution is 2.27. The van der Waals surface area contributed by atoms with Gasteiger partial charge >= 0.3 is 5.97 Å². The zero-order valence-corrected chi connectivity index (χ0v) is 7.93. The van der Waals surface area contributed by atoms with E-state index >= 15 is 0 Å². The fraction of sp³-hybridized carbons (Fsp3) is 0.222. The summed E-state index contributed by atoms with van der Waals surface area (Å²) >= 11 is 0. The molecule has 0 amide bonds. The zero-order chi connectivity index (χ0) is 10.6. The number of nitrogens with zero attached hydrogens (tertiary/aromatic N) is 2. The van der Waals surface area contributed by atoms with Crippen LogP contribution >= 0.6 is 0 Å². The predicted molar refractivity (Wildman–Crippen MR) is 51.9 cm³/mol. The summed E-state index contributed by atoms with van der Waals surface area (Å²) in [6, 6.07) is 6.67. The molecule has 0 aromatic heterocycles. The van der Waals surface area contributed by atoms with Crippen molar-refractivity contribution in [3.8, 4) is 5.75 Å². The molecule has 14 heavy (non-hydrogen) atoms.